The van der Waals surface area contributed by atoms with Crippen molar-refractivity contribution in [3.63, 3.8) is 0 Å². The van der Waals surface area contributed by atoms with Gasteiger partial charge in [-0.15, -0.1) is 0 Å². The van der Waals surface area contributed by atoms with Gasteiger partial charge in [0.25, 0.3) is 0 Å². The lowest BCUT2D eigenvalue weighted by atomic mass is 9.96. The number of nitrogens with zero attached hydrogens (tertiary/aromatic N) is 3. The summed E-state index contributed by atoms with van der Waals surface area (Å²) in [5, 5.41) is 3.60. The fraction of sp³-hybridized carbons (Fsp3) is 0.667. The van der Waals surface area contributed by atoms with Crippen LogP contribution in [-0.2, 0) is 4.74 Å². The van der Waals surface area contributed by atoms with Crippen molar-refractivity contribution in [2.24, 2.45) is 16.8 Å². The molecule has 0 bridgehead atoms. The maximum absolute atomic E-state index is 5.46. The first kappa shape index (κ1) is 19.0. The Kier molecular flexibility index (Phi) is 7.18. The van der Waals surface area contributed by atoms with Crippen LogP contribution >= 0.6 is 0 Å². The molecule has 1 unspecified atom stereocenters. The minimum absolute atomic E-state index is 0.677. The van der Waals surface area contributed by atoms with E-state index in [0.29, 0.717) is 5.92 Å². The molecule has 2 aliphatic rings. The van der Waals surface area contributed by atoms with Crippen molar-refractivity contribution in [2.75, 3.05) is 58.4 Å². The van der Waals surface area contributed by atoms with Gasteiger partial charge in [-0.05, 0) is 49.7 Å². The summed E-state index contributed by atoms with van der Waals surface area (Å²) in [5.41, 5.74) is 1.34. The second-order valence-electron chi connectivity index (χ2n) is 7.63. The number of anilines is 1. The molecule has 1 aromatic rings. The predicted octanol–water partition coefficient (Wildman–Crippen LogP) is 2.84. The van der Waals surface area contributed by atoms with Crippen LogP contribution in [0.5, 0.6) is 0 Å². The van der Waals surface area contributed by atoms with Crippen LogP contribution in [0.2, 0.25) is 0 Å². The van der Waals surface area contributed by atoms with Gasteiger partial charge in [-0.25, -0.2) is 0 Å². The van der Waals surface area contributed by atoms with Crippen LogP contribution in [0, 0.1) is 11.8 Å². The molecule has 2 heterocycles. The number of benzene rings is 1. The minimum Gasteiger partial charge on any atom is -0.381 e. The molecule has 0 amide bonds. The molecule has 1 atom stereocenters. The Balaban J connectivity index is 1.39. The van der Waals surface area contributed by atoms with Gasteiger partial charge in [-0.3, -0.25) is 4.99 Å². The van der Waals surface area contributed by atoms with E-state index in [2.05, 4.69) is 57.5 Å². The molecule has 2 saturated heterocycles. The van der Waals surface area contributed by atoms with Crippen molar-refractivity contribution in [1.29, 1.82) is 0 Å². The zero-order valence-corrected chi connectivity index (χ0v) is 16.4. The Labute approximate surface area is 158 Å². The first-order chi connectivity index (χ1) is 12.8. The largest absolute Gasteiger partial charge is 0.381 e. The Bertz CT molecular complexity index is 556. The minimum atomic E-state index is 0.677. The Morgan fingerprint density at radius 2 is 1.96 bits per heavy atom. The zero-order valence-electron chi connectivity index (χ0n) is 16.4. The molecule has 144 valence electrons. The zero-order chi connectivity index (χ0) is 18.2. The number of guanidine groups is 1. The summed E-state index contributed by atoms with van der Waals surface area (Å²) in [7, 11) is 4.04. The summed E-state index contributed by atoms with van der Waals surface area (Å²) >= 11 is 0. The van der Waals surface area contributed by atoms with Gasteiger partial charge in [0.1, 0.15) is 0 Å². The number of hydrogen-bond donors (Lipinski definition) is 1. The van der Waals surface area contributed by atoms with Crippen LogP contribution in [0.4, 0.5) is 5.69 Å². The lowest BCUT2D eigenvalue weighted by molar-refractivity contribution is 0.0625. The molecular weight excluding hydrogens is 324 g/mol. The highest BCUT2D eigenvalue weighted by Crippen LogP contribution is 2.23. The molecule has 1 aromatic carbocycles. The Morgan fingerprint density at radius 3 is 2.69 bits per heavy atom. The molecule has 2 aliphatic heterocycles. The van der Waals surface area contributed by atoms with Crippen LogP contribution in [-0.4, -0.2) is 64.3 Å². The van der Waals surface area contributed by atoms with Gasteiger partial charge >= 0.3 is 0 Å². The van der Waals surface area contributed by atoms with Crippen molar-refractivity contribution in [3.8, 4) is 0 Å². The summed E-state index contributed by atoms with van der Waals surface area (Å²) in [4.78, 5) is 9.25. The van der Waals surface area contributed by atoms with Crippen molar-refractivity contribution >= 4 is 11.6 Å². The fourth-order valence-electron chi connectivity index (χ4n) is 4.01. The van der Waals surface area contributed by atoms with E-state index in [1.165, 1.54) is 31.4 Å². The van der Waals surface area contributed by atoms with Gasteiger partial charge in [-0.1, -0.05) is 18.2 Å². The molecule has 2 fully saturated rings. The van der Waals surface area contributed by atoms with E-state index in [-0.39, 0.29) is 0 Å². The summed E-state index contributed by atoms with van der Waals surface area (Å²) in [6.07, 6.45) is 4.88. The third-order valence-corrected chi connectivity index (χ3v) is 5.74. The van der Waals surface area contributed by atoms with E-state index in [4.69, 9.17) is 4.74 Å². The molecule has 26 heavy (non-hydrogen) atoms. The van der Waals surface area contributed by atoms with Gasteiger partial charge in [0.05, 0.1) is 0 Å². The van der Waals surface area contributed by atoms with E-state index >= 15 is 0 Å². The summed E-state index contributed by atoms with van der Waals surface area (Å²) in [6.45, 7) is 6.19. The Morgan fingerprint density at radius 1 is 1.19 bits per heavy atom. The van der Waals surface area contributed by atoms with Gasteiger partial charge in [0.2, 0.25) is 0 Å². The highest BCUT2D eigenvalue weighted by molar-refractivity contribution is 5.79. The van der Waals surface area contributed by atoms with Crippen LogP contribution in [0.25, 0.3) is 0 Å². The molecule has 3 rings (SSSR count). The molecule has 5 heteroatoms. The molecule has 0 aromatic heterocycles. The van der Waals surface area contributed by atoms with Crippen molar-refractivity contribution in [3.05, 3.63) is 30.3 Å². The molecule has 0 radical (unpaired) electrons. The molecule has 5 nitrogen and oxygen atoms in total. The van der Waals surface area contributed by atoms with Crippen molar-refractivity contribution in [2.45, 2.75) is 25.7 Å². The van der Waals surface area contributed by atoms with Crippen LogP contribution in [0.15, 0.2) is 35.3 Å². The number of aliphatic imine (C=N–C) groups is 1. The third-order valence-electron chi connectivity index (χ3n) is 5.74. The second-order valence-corrected chi connectivity index (χ2v) is 7.63. The van der Waals surface area contributed by atoms with Gasteiger partial charge in [0.15, 0.2) is 5.96 Å². The topological polar surface area (TPSA) is 40.1 Å². The standard InChI is InChI=1S/C21H34N4O/c1-22-21(24(2)12-8-18-10-14-26-15-11-18)23-16-19-9-13-25(17-19)20-6-4-3-5-7-20/h3-7,18-19H,8-17H2,1-2H3,(H,22,23). The van der Waals surface area contributed by atoms with Crippen LogP contribution < -0.4 is 10.2 Å². The predicted molar refractivity (Wildman–Crippen MR) is 109 cm³/mol. The summed E-state index contributed by atoms with van der Waals surface area (Å²) < 4.78 is 5.46. The second kappa shape index (κ2) is 9.81. The third kappa shape index (κ3) is 5.37. The molecule has 0 aliphatic carbocycles. The first-order valence-corrected chi connectivity index (χ1v) is 10.1. The number of nitrogens with one attached hydrogen (secondary N) is 1. The first-order valence-electron chi connectivity index (χ1n) is 10.1. The highest BCUT2D eigenvalue weighted by atomic mass is 16.5. The van der Waals surface area contributed by atoms with Crippen LogP contribution in [0.1, 0.15) is 25.7 Å². The number of para-hydroxylation sites is 1. The van der Waals surface area contributed by atoms with E-state index < -0.39 is 0 Å². The molecule has 1 N–H and O–H groups in total. The van der Waals surface area contributed by atoms with Gasteiger partial charge < -0.3 is 19.9 Å². The van der Waals surface area contributed by atoms with E-state index in [0.717, 1.165) is 51.3 Å². The van der Waals surface area contributed by atoms with Gasteiger partial charge in [0, 0.05) is 59.2 Å². The fourth-order valence-corrected chi connectivity index (χ4v) is 4.01. The SMILES string of the molecule is CN=C(NCC1CCN(c2ccccc2)C1)N(C)CCC1CCOCC1. The smallest absolute Gasteiger partial charge is 0.193 e. The Hall–Kier alpha value is -1.75. The van der Waals surface area contributed by atoms with Crippen molar-refractivity contribution in [1.82, 2.24) is 10.2 Å². The molecule has 0 saturated carbocycles. The molecular formula is C21H34N4O. The highest BCUT2D eigenvalue weighted by Gasteiger charge is 2.23. The normalized spacial score (nSPS) is 21.8. The lowest BCUT2D eigenvalue weighted by Crippen LogP contribution is -2.42. The number of ether oxygens (including phenoxy) is 1. The average Bonchev–Trinajstić information content (AvgIpc) is 3.17. The average molecular weight is 359 g/mol. The lowest BCUT2D eigenvalue weighted by Gasteiger charge is -2.27. The monoisotopic (exact) mass is 358 g/mol. The maximum atomic E-state index is 5.46. The van der Waals surface area contributed by atoms with Crippen molar-refractivity contribution < 1.29 is 4.74 Å². The summed E-state index contributed by atoms with van der Waals surface area (Å²) in [6, 6.07) is 10.7. The van der Waals surface area contributed by atoms with Gasteiger partial charge in [-0.2, -0.15) is 0 Å². The summed E-state index contributed by atoms with van der Waals surface area (Å²) in [5.74, 6) is 2.50. The maximum Gasteiger partial charge on any atom is 0.193 e. The molecule has 0 spiro atoms. The van der Waals surface area contributed by atoms with E-state index in [1.807, 2.05) is 7.05 Å². The van der Waals surface area contributed by atoms with Crippen LogP contribution in [0.3, 0.4) is 0 Å². The number of hydrogen-bond acceptors (Lipinski definition) is 3. The quantitative estimate of drug-likeness (QED) is 0.627. The van der Waals surface area contributed by atoms with E-state index in [9.17, 15) is 0 Å². The number of rotatable bonds is 6. The van der Waals surface area contributed by atoms with E-state index in [1.54, 1.807) is 0 Å².